The topological polar surface area (TPSA) is 139 Å². The van der Waals surface area contributed by atoms with Crippen LogP contribution in [-0.4, -0.2) is 79.1 Å². The van der Waals surface area contributed by atoms with Crippen LogP contribution in [0.5, 0.6) is 5.75 Å². The first-order valence-electron chi connectivity index (χ1n) is 16.3. The SMILES string of the molecule is COc1ccc(C2NC(=O)C(Cc3c[nH]c4ccccc34)N(C)C(=O)C(C)NC(=O)C(C)C/C(C)=C/C(C)C(C)OC(=O)C2OC)cc1. The zero-order valence-corrected chi connectivity index (χ0v) is 29.0. The highest BCUT2D eigenvalue weighted by Crippen LogP contribution is 2.27. The molecule has 258 valence electrons. The highest BCUT2D eigenvalue weighted by Gasteiger charge is 2.38. The van der Waals surface area contributed by atoms with Gasteiger partial charge in [-0.05, 0) is 56.5 Å². The van der Waals surface area contributed by atoms with Crippen molar-refractivity contribution < 1.29 is 33.4 Å². The van der Waals surface area contributed by atoms with Crippen molar-refractivity contribution in [3.8, 4) is 5.75 Å². The lowest BCUT2D eigenvalue weighted by Gasteiger charge is -2.33. The average Bonchev–Trinajstić information content (AvgIpc) is 3.48. The van der Waals surface area contributed by atoms with Gasteiger partial charge in [-0.25, -0.2) is 4.79 Å². The van der Waals surface area contributed by atoms with Gasteiger partial charge in [-0.3, -0.25) is 14.4 Å². The standard InChI is InChI=1S/C37H48N4O7/c1-21-17-22(2)25(5)48-37(45)33(47-8)32(26-13-15-28(46-7)16-14-26)40-35(43)31(19-27-20-38-30-12-10-9-11-29(27)30)41(6)36(44)24(4)39-34(42)23(3)18-21/h9-17,20,22-25,31-33,38H,18-19H2,1-8H3,(H,39,42)(H,40,43)/b21-17+. The third kappa shape index (κ3) is 8.44. The predicted molar refractivity (Wildman–Crippen MR) is 183 cm³/mol. The van der Waals surface area contributed by atoms with E-state index in [1.54, 1.807) is 59.2 Å². The fourth-order valence-corrected chi connectivity index (χ4v) is 6.14. The van der Waals surface area contributed by atoms with Gasteiger partial charge in [-0.15, -0.1) is 0 Å². The number of allylic oxidation sites excluding steroid dienone is 1. The number of hydrogen-bond donors (Lipinski definition) is 3. The van der Waals surface area contributed by atoms with Crippen LogP contribution in [0.25, 0.3) is 10.9 Å². The molecule has 3 amide bonds. The Balaban J connectivity index is 1.80. The van der Waals surface area contributed by atoms with Crippen molar-refractivity contribution in [3.05, 3.63) is 77.5 Å². The first-order valence-corrected chi connectivity index (χ1v) is 16.3. The minimum Gasteiger partial charge on any atom is -0.497 e. The second-order valence-electron chi connectivity index (χ2n) is 12.8. The highest BCUT2D eigenvalue weighted by atomic mass is 16.6. The molecule has 3 N–H and O–H groups in total. The molecule has 3 aromatic rings. The number of para-hydroxylation sites is 1. The number of benzene rings is 2. The van der Waals surface area contributed by atoms with Crippen LogP contribution in [0.1, 0.15) is 58.2 Å². The van der Waals surface area contributed by atoms with Crippen LogP contribution < -0.4 is 15.4 Å². The normalized spacial score (nSPS) is 28.0. The van der Waals surface area contributed by atoms with E-state index in [9.17, 15) is 19.2 Å². The first kappa shape index (κ1) is 36.2. The van der Waals surface area contributed by atoms with E-state index >= 15 is 0 Å². The average molecular weight is 661 g/mol. The largest absolute Gasteiger partial charge is 0.497 e. The van der Waals surface area contributed by atoms with Crippen molar-refractivity contribution in [2.75, 3.05) is 21.3 Å². The van der Waals surface area contributed by atoms with Crippen LogP contribution in [0.2, 0.25) is 0 Å². The molecule has 4 rings (SSSR count). The zero-order chi connectivity index (χ0) is 35.1. The second kappa shape index (κ2) is 16.0. The molecule has 7 unspecified atom stereocenters. The summed E-state index contributed by atoms with van der Waals surface area (Å²) < 4.78 is 17.0. The molecule has 11 heteroatoms. The quantitative estimate of drug-likeness (QED) is 0.271. The van der Waals surface area contributed by atoms with E-state index < -0.39 is 54.0 Å². The minimum absolute atomic E-state index is 0.158. The maximum atomic E-state index is 14.4. The van der Waals surface area contributed by atoms with Gasteiger partial charge >= 0.3 is 5.97 Å². The van der Waals surface area contributed by atoms with E-state index in [0.717, 1.165) is 22.0 Å². The summed E-state index contributed by atoms with van der Waals surface area (Å²) in [5.41, 5.74) is 3.25. The lowest BCUT2D eigenvalue weighted by molar-refractivity contribution is -0.164. The number of nitrogens with one attached hydrogen (secondary N) is 3. The maximum absolute atomic E-state index is 14.4. The fraction of sp³-hybridized carbons (Fsp3) is 0.459. The number of fused-ring (bicyclic) bond motifs is 1. The molecule has 0 spiro atoms. The third-order valence-corrected chi connectivity index (χ3v) is 9.16. The molecular formula is C37H48N4O7. The number of carbonyl (C=O) groups excluding carboxylic acids is 4. The van der Waals surface area contributed by atoms with E-state index in [2.05, 4.69) is 15.6 Å². The number of likely N-dealkylation sites (N-methyl/N-ethyl adjacent to an activating group) is 1. The monoisotopic (exact) mass is 660 g/mol. The second-order valence-corrected chi connectivity index (χ2v) is 12.8. The summed E-state index contributed by atoms with van der Waals surface area (Å²) >= 11 is 0. The van der Waals surface area contributed by atoms with Crippen LogP contribution in [0, 0.1) is 11.8 Å². The van der Waals surface area contributed by atoms with Gasteiger partial charge in [0.1, 0.15) is 23.9 Å². The van der Waals surface area contributed by atoms with Crippen LogP contribution in [0.3, 0.4) is 0 Å². The molecular weight excluding hydrogens is 612 g/mol. The number of esters is 1. The highest BCUT2D eigenvalue weighted by molar-refractivity contribution is 5.93. The molecule has 7 atom stereocenters. The van der Waals surface area contributed by atoms with E-state index in [1.807, 2.05) is 50.4 Å². The van der Waals surface area contributed by atoms with Gasteiger partial charge in [0.05, 0.1) is 13.2 Å². The number of aromatic amines is 1. The molecule has 0 radical (unpaired) electrons. The number of methoxy groups -OCH3 is 2. The Kier molecular flexibility index (Phi) is 12.0. The molecule has 0 saturated carbocycles. The lowest BCUT2D eigenvalue weighted by atomic mass is 9.95. The Morgan fingerprint density at radius 3 is 2.27 bits per heavy atom. The number of hydrogen-bond acceptors (Lipinski definition) is 7. The van der Waals surface area contributed by atoms with Crippen LogP contribution in [0.4, 0.5) is 0 Å². The number of rotatable bonds is 5. The molecule has 1 aromatic heterocycles. The Hall–Kier alpha value is -4.64. The number of ether oxygens (including phenoxy) is 3. The Morgan fingerprint density at radius 2 is 1.60 bits per heavy atom. The molecule has 1 aliphatic heterocycles. The van der Waals surface area contributed by atoms with E-state index in [0.29, 0.717) is 17.7 Å². The van der Waals surface area contributed by atoms with Gasteiger partial charge < -0.3 is 34.7 Å². The van der Waals surface area contributed by atoms with Crippen molar-refractivity contribution in [1.82, 2.24) is 20.5 Å². The molecule has 0 saturated heterocycles. The third-order valence-electron chi connectivity index (χ3n) is 9.16. The molecule has 2 aromatic carbocycles. The fourth-order valence-electron chi connectivity index (χ4n) is 6.14. The number of cyclic esters (lactones) is 1. The van der Waals surface area contributed by atoms with Crippen molar-refractivity contribution in [2.24, 2.45) is 11.8 Å². The number of nitrogens with zero attached hydrogens (tertiary/aromatic N) is 1. The summed E-state index contributed by atoms with van der Waals surface area (Å²) in [7, 11) is 4.49. The van der Waals surface area contributed by atoms with Crippen LogP contribution >= 0.6 is 0 Å². The summed E-state index contributed by atoms with van der Waals surface area (Å²) in [4.78, 5) is 59.8. The lowest BCUT2D eigenvalue weighted by Crippen LogP contribution is -2.56. The van der Waals surface area contributed by atoms with Gasteiger partial charge in [-0.1, -0.05) is 55.8 Å². The van der Waals surface area contributed by atoms with Crippen molar-refractivity contribution in [1.29, 1.82) is 0 Å². The first-order chi connectivity index (χ1) is 22.8. The smallest absolute Gasteiger partial charge is 0.338 e. The molecule has 2 heterocycles. The Labute approximate surface area is 282 Å². The number of H-pyrrole nitrogens is 1. The summed E-state index contributed by atoms with van der Waals surface area (Å²) in [5, 5.41) is 6.79. The van der Waals surface area contributed by atoms with Crippen molar-refractivity contribution in [3.63, 3.8) is 0 Å². The number of carbonyl (C=O) groups is 4. The maximum Gasteiger partial charge on any atom is 0.338 e. The van der Waals surface area contributed by atoms with E-state index in [1.165, 1.54) is 12.0 Å². The van der Waals surface area contributed by atoms with Gasteiger partial charge in [0.2, 0.25) is 17.7 Å². The predicted octanol–water partition coefficient (Wildman–Crippen LogP) is 4.48. The van der Waals surface area contributed by atoms with Gasteiger partial charge in [-0.2, -0.15) is 0 Å². The summed E-state index contributed by atoms with van der Waals surface area (Å²) in [6.07, 6.45) is 2.67. The summed E-state index contributed by atoms with van der Waals surface area (Å²) in [6, 6.07) is 11.7. The van der Waals surface area contributed by atoms with Gasteiger partial charge in [0.15, 0.2) is 6.10 Å². The summed E-state index contributed by atoms with van der Waals surface area (Å²) in [6.45, 7) is 9.08. The molecule has 48 heavy (non-hydrogen) atoms. The molecule has 11 nitrogen and oxygen atoms in total. The van der Waals surface area contributed by atoms with Gasteiger partial charge in [0.25, 0.3) is 0 Å². The summed E-state index contributed by atoms with van der Waals surface area (Å²) in [5.74, 6) is -1.87. The molecule has 1 aliphatic rings. The molecule has 0 aliphatic carbocycles. The van der Waals surface area contributed by atoms with E-state index in [4.69, 9.17) is 14.2 Å². The minimum atomic E-state index is -1.21. The molecule has 0 fully saturated rings. The van der Waals surface area contributed by atoms with Gasteiger partial charge in [0, 0.05) is 49.5 Å². The van der Waals surface area contributed by atoms with Crippen LogP contribution in [-0.2, 0) is 35.1 Å². The Bertz CT molecular complexity index is 1630. The number of amides is 3. The van der Waals surface area contributed by atoms with Crippen molar-refractivity contribution >= 4 is 34.6 Å². The van der Waals surface area contributed by atoms with E-state index in [-0.39, 0.29) is 18.2 Å². The van der Waals surface area contributed by atoms with Crippen molar-refractivity contribution in [2.45, 2.75) is 77.8 Å². The molecule has 0 bridgehead atoms. The Morgan fingerprint density at radius 1 is 0.917 bits per heavy atom. The number of aromatic nitrogens is 1. The zero-order valence-electron chi connectivity index (χ0n) is 29.0. The van der Waals surface area contributed by atoms with Crippen LogP contribution in [0.15, 0.2) is 66.4 Å².